The Kier molecular flexibility index (Phi) is 7.31. The van der Waals surface area contributed by atoms with E-state index in [4.69, 9.17) is 16.3 Å². The van der Waals surface area contributed by atoms with Crippen molar-refractivity contribution in [3.63, 3.8) is 0 Å². The fraction of sp³-hybridized carbons (Fsp3) is 0.423. The average molecular weight is 439 g/mol. The quantitative estimate of drug-likeness (QED) is 0.647. The van der Waals surface area contributed by atoms with E-state index in [1.54, 1.807) is 7.11 Å². The van der Waals surface area contributed by atoms with Gasteiger partial charge in [-0.15, -0.1) is 0 Å². The van der Waals surface area contributed by atoms with Gasteiger partial charge in [0.25, 0.3) is 0 Å². The summed E-state index contributed by atoms with van der Waals surface area (Å²) < 4.78 is 5.42. The van der Waals surface area contributed by atoms with Gasteiger partial charge in [-0.05, 0) is 49.4 Å². The van der Waals surface area contributed by atoms with Crippen LogP contribution in [-0.2, 0) is 11.2 Å². The Hall–Kier alpha value is -2.30. The molecule has 0 bridgehead atoms. The number of fused-ring (bicyclic) bond motifs is 1. The van der Waals surface area contributed by atoms with Gasteiger partial charge >= 0.3 is 0 Å². The van der Waals surface area contributed by atoms with Crippen LogP contribution in [0.25, 0.3) is 6.08 Å². The number of carbonyl (C=O) groups is 1. The lowest BCUT2D eigenvalue weighted by atomic mass is 9.83. The monoisotopic (exact) mass is 438 g/mol. The zero-order valence-electron chi connectivity index (χ0n) is 18.2. The Balaban J connectivity index is 1.36. The number of hydrogen-bond acceptors (Lipinski definition) is 3. The second-order valence-electron chi connectivity index (χ2n) is 8.56. The zero-order chi connectivity index (χ0) is 21.6. The predicted molar refractivity (Wildman–Crippen MR) is 126 cm³/mol. The van der Waals surface area contributed by atoms with E-state index in [2.05, 4.69) is 28.0 Å². The van der Waals surface area contributed by atoms with Crippen molar-refractivity contribution in [2.45, 2.75) is 31.7 Å². The summed E-state index contributed by atoms with van der Waals surface area (Å²) in [6.07, 6.45) is 5.82. The topological polar surface area (TPSA) is 32.8 Å². The van der Waals surface area contributed by atoms with Crippen LogP contribution in [0.5, 0.6) is 5.75 Å². The van der Waals surface area contributed by atoms with Crippen LogP contribution in [0.3, 0.4) is 0 Å². The molecule has 0 aromatic heterocycles. The number of likely N-dealkylation sites (tertiary alicyclic amines) is 2. The molecular weight excluding hydrogens is 408 g/mol. The highest BCUT2D eigenvalue weighted by atomic mass is 35.5. The van der Waals surface area contributed by atoms with Gasteiger partial charge < -0.3 is 9.64 Å². The number of benzene rings is 2. The average Bonchev–Trinajstić information content (AvgIpc) is 2.80. The van der Waals surface area contributed by atoms with Crippen LogP contribution < -0.4 is 4.74 Å². The molecule has 0 N–H and O–H groups in total. The van der Waals surface area contributed by atoms with E-state index < -0.39 is 0 Å². The van der Waals surface area contributed by atoms with Gasteiger partial charge in [0, 0.05) is 36.3 Å². The summed E-state index contributed by atoms with van der Waals surface area (Å²) in [5.74, 6) is 1.50. The van der Waals surface area contributed by atoms with E-state index in [9.17, 15) is 4.79 Å². The molecule has 4 rings (SSSR count). The Morgan fingerprint density at radius 2 is 1.87 bits per heavy atom. The molecular formula is C26H31ClN2O2. The molecule has 2 aliphatic rings. The van der Waals surface area contributed by atoms with E-state index >= 15 is 0 Å². The summed E-state index contributed by atoms with van der Waals surface area (Å²) in [6.45, 7) is 3.52. The summed E-state index contributed by atoms with van der Waals surface area (Å²) in [6, 6.07) is 18.5. The first-order chi connectivity index (χ1) is 15.1. The van der Waals surface area contributed by atoms with Crippen molar-refractivity contribution in [1.29, 1.82) is 0 Å². The van der Waals surface area contributed by atoms with Gasteiger partial charge in [0.05, 0.1) is 13.5 Å². The van der Waals surface area contributed by atoms with Crippen molar-refractivity contribution in [3.8, 4) is 5.75 Å². The molecule has 0 aliphatic carbocycles. The van der Waals surface area contributed by atoms with Gasteiger partial charge in [-0.3, -0.25) is 9.69 Å². The number of carbonyl (C=O) groups excluding carboxylic acids is 1. The van der Waals surface area contributed by atoms with Gasteiger partial charge in [-0.2, -0.15) is 0 Å². The van der Waals surface area contributed by atoms with E-state index in [0.717, 1.165) is 60.9 Å². The number of amides is 1. The number of ether oxygens (including phenoxy) is 1. The van der Waals surface area contributed by atoms with Gasteiger partial charge in [-0.25, -0.2) is 0 Å². The minimum atomic E-state index is 0.196. The highest BCUT2D eigenvalue weighted by Gasteiger charge is 2.37. The maximum Gasteiger partial charge on any atom is 0.227 e. The number of nitrogens with zero attached hydrogens (tertiary/aromatic N) is 2. The van der Waals surface area contributed by atoms with Crippen molar-refractivity contribution >= 4 is 23.6 Å². The minimum Gasteiger partial charge on any atom is -0.496 e. The number of rotatable bonds is 6. The molecule has 2 saturated heterocycles. The van der Waals surface area contributed by atoms with Crippen LogP contribution in [-0.4, -0.2) is 55.0 Å². The molecule has 2 aliphatic heterocycles. The number of halogens is 1. The molecule has 0 radical (unpaired) electrons. The molecule has 164 valence electrons. The summed E-state index contributed by atoms with van der Waals surface area (Å²) in [7, 11) is 1.66. The fourth-order valence-electron chi connectivity index (χ4n) is 5.02. The van der Waals surface area contributed by atoms with Crippen LogP contribution in [0.2, 0.25) is 0 Å². The molecule has 31 heavy (non-hydrogen) atoms. The highest BCUT2D eigenvalue weighted by molar-refractivity contribution is 6.31. The molecule has 2 heterocycles. The van der Waals surface area contributed by atoms with Crippen LogP contribution in [0, 0.1) is 5.92 Å². The summed E-state index contributed by atoms with van der Waals surface area (Å²) >= 11 is 6.62. The molecule has 1 amide bonds. The first-order valence-corrected chi connectivity index (χ1v) is 11.6. The highest BCUT2D eigenvalue weighted by Crippen LogP contribution is 2.32. The van der Waals surface area contributed by atoms with Crippen molar-refractivity contribution in [3.05, 3.63) is 70.8 Å². The van der Waals surface area contributed by atoms with E-state index in [-0.39, 0.29) is 5.91 Å². The molecule has 2 aromatic carbocycles. The van der Waals surface area contributed by atoms with Crippen LogP contribution in [0.1, 0.15) is 30.4 Å². The third-order valence-corrected chi connectivity index (χ3v) is 6.78. The van der Waals surface area contributed by atoms with E-state index in [0.29, 0.717) is 18.4 Å². The Labute approximate surface area is 190 Å². The Bertz CT molecular complexity index is 915. The normalized spacial score (nSPS) is 22.1. The minimum absolute atomic E-state index is 0.196. The van der Waals surface area contributed by atoms with Crippen LogP contribution >= 0.6 is 11.6 Å². The SMILES string of the molecule is COc1ccccc1CC(=O)N1CC[C@@H]2[C@H](CCCN2C/C(Cl)=C/c2ccccc2)C1. The lowest BCUT2D eigenvalue weighted by Crippen LogP contribution is -2.55. The molecule has 4 nitrogen and oxygen atoms in total. The maximum atomic E-state index is 13.0. The smallest absolute Gasteiger partial charge is 0.227 e. The van der Waals surface area contributed by atoms with Crippen molar-refractivity contribution in [2.75, 3.05) is 33.3 Å². The molecule has 0 spiro atoms. The molecule has 2 atom stereocenters. The van der Waals surface area contributed by atoms with Gasteiger partial charge in [0.2, 0.25) is 5.91 Å². The third-order valence-electron chi connectivity index (χ3n) is 6.55. The summed E-state index contributed by atoms with van der Waals surface area (Å²) in [4.78, 5) is 17.6. The predicted octanol–water partition coefficient (Wildman–Crippen LogP) is 4.83. The van der Waals surface area contributed by atoms with Crippen LogP contribution in [0.4, 0.5) is 0 Å². The van der Waals surface area contributed by atoms with Crippen molar-refractivity contribution in [1.82, 2.24) is 9.80 Å². The zero-order valence-corrected chi connectivity index (χ0v) is 18.9. The number of hydrogen-bond donors (Lipinski definition) is 0. The molecule has 0 unspecified atom stereocenters. The summed E-state index contributed by atoms with van der Waals surface area (Å²) in [5, 5.41) is 0.876. The molecule has 0 saturated carbocycles. The number of methoxy groups -OCH3 is 1. The lowest BCUT2D eigenvalue weighted by Gasteiger charge is -2.47. The summed E-state index contributed by atoms with van der Waals surface area (Å²) in [5.41, 5.74) is 2.10. The molecule has 2 fully saturated rings. The molecule has 2 aromatic rings. The fourth-order valence-corrected chi connectivity index (χ4v) is 5.30. The van der Waals surface area contributed by atoms with Crippen LogP contribution in [0.15, 0.2) is 59.6 Å². The molecule has 5 heteroatoms. The second-order valence-corrected chi connectivity index (χ2v) is 9.04. The first kappa shape index (κ1) is 21.9. The Morgan fingerprint density at radius 3 is 2.68 bits per heavy atom. The van der Waals surface area contributed by atoms with Gasteiger partial charge in [-0.1, -0.05) is 60.1 Å². The number of piperidine rings is 2. The largest absolute Gasteiger partial charge is 0.496 e. The van der Waals surface area contributed by atoms with Crippen molar-refractivity contribution < 1.29 is 9.53 Å². The standard InChI is InChI=1S/C26H31ClN2O2/c1-31-25-12-6-5-10-21(25)17-26(30)29-15-13-24-22(18-29)11-7-14-28(24)19-23(27)16-20-8-3-2-4-9-20/h2-6,8-10,12,16,22,24H,7,11,13-15,17-19H2,1H3/b23-16-/t22-,24-/m1/s1. The Morgan fingerprint density at radius 1 is 1.10 bits per heavy atom. The lowest BCUT2D eigenvalue weighted by molar-refractivity contribution is -0.134. The first-order valence-electron chi connectivity index (χ1n) is 11.2. The number of para-hydroxylation sites is 1. The van der Waals surface area contributed by atoms with E-state index in [1.165, 1.54) is 6.42 Å². The van der Waals surface area contributed by atoms with Gasteiger partial charge in [0.15, 0.2) is 0 Å². The van der Waals surface area contributed by atoms with Crippen molar-refractivity contribution in [2.24, 2.45) is 5.92 Å². The maximum absolute atomic E-state index is 13.0. The van der Waals surface area contributed by atoms with Gasteiger partial charge in [0.1, 0.15) is 5.75 Å². The van der Waals surface area contributed by atoms with E-state index in [1.807, 2.05) is 42.5 Å². The third kappa shape index (κ3) is 5.50. The second kappa shape index (κ2) is 10.3.